The van der Waals surface area contributed by atoms with E-state index in [1.165, 1.54) is 4.90 Å². The number of carbonyl (C=O) groups is 1. The molecule has 120 valence electrons. The Balaban J connectivity index is 1.46. The highest BCUT2D eigenvalue weighted by atomic mass is 16.5. The van der Waals surface area contributed by atoms with Gasteiger partial charge in [-0.25, -0.2) is 9.48 Å². The number of hydrogen-bond acceptors (Lipinski definition) is 3. The van der Waals surface area contributed by atoms with Crippen LogP contribution in [-0.2, 0) is 0 Å². The van der Waals surface area contributed by atoms with E-state index in [9.17, 15) is 4.79 Å². The molecule has 1 aliphatic carbocycles. The number of aromatic nitrogens is 2. The Morgan fingerprint density at radius 3 is 2.57 bits per heavy atom. The molecule has 1 aromatic heterocycles. The maximum Gasteiger partial charge on any atom is 0.407 e. The molecule has 2 aromatic rings. The molecular formula is C17H19N3O3. The van der Waals surface area contributed by atoms with Gasteiger partial charge in [0, 0.05) is 25.5 Å². The molecule has 1 unspecified atom stereocenters. The van der Waals surface area contributed by atoms with Crippen LogP contribution < -0.4 is 4.74 Å². The van der Waals surface area contributed by atoms with Crippen molar-refractivity contribution >= 4 is 6.09 Å². The summed E-state index contributed by atoms with van der Waals surface area (Å²) in [6.07, 6.45) is 4.83. The summed E-state index contributed by atoms with van der Waals surface area (Å²) in [5.41, 5.74) is 0.932. The van der Waals surface area contributed by atoms with Crippen LogP contribution in [0.5, 0.6) is 5.75 Å². The predicted octanol–water partition coefficient (Wildman–Crippen LogP) is 2.64. The number of nitrogens with zero attached hydrogens (tertiary/aromatic N) is 3. The molecule has 0 radical (unpaired) electrons. The third kappa shape index (κ3) is 2.65. The minimum absolute atomic E-state index is 0.151. The van der Waals surface area contributed by atoms with Crippen molar-refractivity contribution in [1.82, 2.24) is 14.7 Å². The summed E-state index contributed by atoms with van der Waals surface area (Å²) in [4.78, 5) is 12.6. The second-order valence-corrected chi connectivity index (χ2v) is 6.34. The molecule has 1 amide bonds. The van der Waals surface area contributed by atoms with E-state index in [1.807, 2.05) is 36.5 Å². The molecule has 1 saturated carbocycles. The molecule has 3 atom stereocenters. The number of carboxylic acid groups (broad SMARTS) is 1. The van der Waals surface area contributed by atoms with Gasteiger partial charge < -0.3 is 14.7 Å². The van der Waals surface area contributed by atoms with Gasteiger partial charge in [0.15, 0.2) is 0 Å². The molecule has 0 bridgehead atoms. The van der Waals surface area contributed by atoms with Gasteiger partial charge in [-0.2, -0.15) is 5.10 Å². The third-order valence-corrected chi connectivity index (χ3v) is 4.89. The number of fused-ring (bicyclic) bond motifs is 1. The van der Waals surface area contributed by atoms with Crippen molar-refractivity contribution in [2.75, 3.05) is 13.1 Å². The monoisotopic (exact) mass is 313 g/mol. The van der Waals surface area contributed by atoms with Crippen LogP contribution in [0.2, 0.25) is 0 Å². The zero-order valence-corrected chi connectivity index (χ0v) is 12.7. The molecule has 6 heteroatoms. The summed E-state index contributed by atoms with van der Waals surface area (Å²) in [6.45, 7) is 1.28. The first kappa shape index (κ1) is 14.1. The molecule has 2 fully saturated rings. The summed E-state index contributed by atoms with van der Waals surface area (Å²) in [5, 5.41) is 13.4. The van der Waals surface area contributed by atoms with E-state index in [-0.39, 0.29) is 6.10 Å². The predicted molar refractivity (Wildman–Crippen MR) is 83.8 cm³/mol. The standard InChI is InChI=1S/C17H19N3O3/c21-17(22)19-10-12-8-14(9-13(12)11-19)23-16-5-2-1-4-15(16)20-7-3-6-18-20/h1-7,12-14H,8-11H2,(H,21,22)/t12-,13+,14?. The van der Waals surface area contributed by atoms with Gasteiger partial charge in [-0.1, -0.05) is 12.1 Å². The van der Waals surface area contributed by atoms with Crippen molar-refractivity contribution in [2.24, 2.45) is 11.8 Å². The van der Waals surface area contributed by atoms with Crippen LogP contribution in [-0.4, -0.2) is 45.1 Å². The van der Waals surface area contributed by atoms with Gasteiger partial charge in [0.05, 0.1) is 6.10 Å². The van der Waals surface area contributed by atoms with E-state index in [0.29, 0.717) is 24.9 Å². The molecule has 2 heterocycles. The fourth-order valence-corrected chi connectivity index (χ4v) is 3.83. The average molecular weight is 313 g/mol. The van der Waals surface area contributed by atoms with Crippen molar-refractivity contribution in [1.29, 1.82) is 0 Å². The summed E-state index contributed by atoms with van der Waals surface area (Å²) in [7, 11) is 0. The lowest BCUT2D eigenvalue weighted by Crippen LogP contribution is -2.29. The smallest absolute Gasteiger partial charge is 0.407 e. The van der Waals surface area contributed by atoms with E-state index in [1.54, 1.807) is 10.9 Å². The summed E-state index contributed by atoms with van der Waals surface area (Å²) < 4.78 is 8.04. The van der Waals surface area contributed by atoms with Gasteiger partial charge in [-0.05, 0) is 42.9 Å². The Bertz CT molecular complexity index is 687. The van der Waals surface area contributed by atoms with Crippen molar-refractivity contribution < 1.29 is 14.6 Å². The Morgan fingerprint density at radius 2 is 1.91 bits per heavy atom. The van der Waals surface area contributed by atoms with Gasteiger partial charge >= 0.3 is 6.09 Å². The van der Waals surface area contributed by atoms with Crippen LogP contribution in [0.4, 0.5) is 4.79 Å². The first-order chi connectivity index (χ1) is 11.2. The molecule has 1 saturated heterocycles. The molecule has 2 aliphatic rings. The van der Waals surface area contributed by atoms with Gasteiger partial charge in [-0.3, -0.25) is 0 Å². The number of rotatable bonds is 3. The van der Waals surface area contributed by atoms with E-state index >= 15 is 0 Å². The van der Waals surface area contributed by atoms with Gasteiger partial charge in [0.1, 0.15) is 11.4 Å². The molecule has 0 spiro atoms. The molecule has 23 heavy (non-hydrogen) atoms. The highest BCUT2D eigenvalue weighted by molar-refractivity contribution is 5.65. The first-order valence-electron chi connectivity index (χ1n) is 7.94. The third-order valence-electron chi connectivity index (χ3n) is 4.89. The number of hydrogen-bond donors (Lipinski definition) is 1. The van der Waals surface area contributed by atoms with Gasteiger partial charge in [-0.15, -0.1) is 0 Å². The molecule has 1 aliphatic heterocycles. The molecule has 1 aromatic carbocycles. The van der Waals surface area contributed by atoms with Gasteiger partial charge in [0.2, 0.25) is 0 Å². The van der Waals surface area contributed by atoms with Crippen molar-refractivity contribution in [3.8, 4) is 11.4 Å². The zero-order chi connectivity index (χ0) is 15.8. The Labute approximate surface area is 134 Å². The Kier molecular flexibility index (Phi) is 3.44. The second-order valence-electron chi connectivity index (χ2n) is 6.34. The lowest BCUT2D eigenvalue weighted by atomic mass is 10.0. The van der Waals surface area contributed by atoms with Crippen LogP contribution in [0, 0.1) is 11.8 Å². The normalized spacial score (nSPS) is 26.3. The number of para-hydroxylation sites is 2. The lowest BCUT2D eigenvalue weighted by Gasteiger charge is -2.19. The summed E-state index contributed by atoms with van der Waals surface area (Å²) >= 11 is 0. The fraction of sp³-hybridized carbons (Fsp3) is 0.412. The zero-order valence-electron chi connectivity index (χ0n) is 12.7. The van der Waals surface area contributed by atoms with Crippen LogP contribution in [0.25, 0.3) is 5.69 Å². The average Bonchev–Trinajstić information content (AvgIpc) is 3.23. The van der Waals surface area contributed by atoms with Crippen molar-refractivity contribution in [3.63, 3.8) is 0 Å². The Hall–Kier alpha value is -2.50. The summed E-state index contributed by atoms with van der Waals surface area (Å²) in [5.74, 6) is 1.68. The minimum Gasteiger partial charge on any atom is -0.488 e. The minimum atomic E-state index is -0.805. The maximum absolute atomic E-state index is 11.1. The fourth-order valence-electron chi connectivity index (χ4n) is 3.83. The largest absolute Gasteiger partial charge is 0.488 e. The SMILES string of the molecule is O=C(O)N1C[C@H]2CC(Oc3ccccc3-n3cccn3)C[C@H]2C1. The maximum atomic E-state index is 11.1. The van der Waals surface area contributed by atoms with Crippen LogP contribution >= 0.6 is 0 Å². The van der Waals surface area contributed by atoms with E-state index in [4.69, 9.17) is 9.84 Å². The van der Waals surface area contributed by atoms with Crippen molar-refractivity contribution in [2.45, 2.75) is 18.9 Å². The number of benzene rings is 1. The van der Waals surface area contributed by atoms with Crippen LogP contribution in [0.15, 0.2) is 42.7 Å². The molecule has 1 N–H and O–H groups in total. The number of amides is 1. The first-order valence-corrected chi connectivity index (χ1v) is 7.94. The molecular weight excluding hydrogens is 294 g/mol. The molecule has 4 rings (SSSR count). The van der Waals surface area contributed by atoms with Crippen LogP contribution in [0.3, 0.4) is 0 Å². The summed E-state index contributed by atoms with van der Waals surface area (Å²) in [6, 6.07) is 9.78. The van der Waals surface area contributed by atoms with Gasteiger partial charge in [0.25, 0.3) is 0 Å². The highest BCUT2D eigenvalue weighted by Crippen LogP contribution is 2.40. The molecule has 6 nitrogen and oxygen atoms in total. The number of ether oxygens (including phenoxy) is 1. The Morgan fingerprint density at radius 1 is 1.17 bits per heavy atom. The van der Waals surface area contributed by atoms with E-state index in [0.717, 1.165) is 24.3 Å². The second kappa shape index (κ2) is 5.61. The van der Waals surface area contributed by atoms with E-state index in [2.05, 4.69) is 5.10 Å². The number of likely N-dealkylation sites (tertiary alicyclic amines) is 1. The van der Waals surface area contributed by atoms with Crippen LogP contribution in [0.1, 0.15) is 12.8 Å². The quantitative estimate of drug-likeness (QED) is 0.946. The highest BCUT2D eigenvalue weighted by Gasteiger charge is 2.43. The van der Waals surface area contributed by atoms with E-state index < -0.39 is 6.09 Å². The lowest BCUT2D eigenvalue weighted by molar-refractivity contribution is 0.144. The topological polar surface area (TPSA) is 67.6 Å². The van der Waals surface area contributed by atoms with Crippen molar-refractivity contribution in [3.05, 3.63) is 42.7 Å².